The van der Waals surface area contributed by atoms with E-state index in [-0.39, 0.29) is 12.3 Å². The van der Waals surface area contributed by atoms with Gasteiger partial charge in [0.2, 0.25) is 5.78 Å². The van der Waals surface area contributed by atoms with Crippen LogP contribution < -0.4 is 0 Å². The number of rotatable bonds is 4. The monoisotopic (exact) mass is 269 g/mol. The first kappa shape index (κ1) is 11.8. The molecule has 0 bridgehead atoms. The Morgan fingerprint density at radius 3 is 2.93 bits per heavy atom. The van der Waals surface area contributed by atoms with Gasteiger partial charge in [0, 0.05) is 14.1 Å². The highest BCUT2D eigenvalue weighted by Crippen LogP contribution is 2.06. The topological polar surface area (TPSA) is 45.6 Å². The van der Waals surface area contributed by atoms with E-state index in [2.05, 4.69) is 25.9 Å². The molecule has 0 unspecified atom stereocenters. The van der Waals surface area contributed by atoms with E-state index in [9.17, 15) is 4.79 Å². The second kappa shape index (κ2) is 5.60. The van der Waals surface area contributed by atoms with Gasteiger partial charge in [-0.3, -0.25) is 9.79 Å². The van der Waals surface area contributed by atoms with E-state index >= 15 is 0 Å². The highest BCUT2D eigenvalue weighted by atomic mass is 79.9. The van der Waals surface area contributed by atoms with Gasteiger partial charge in [0.15, 0.2) is 0 Å². The molecule has 4 nitrogen and oxygen atoms in total. The van der Waals surface area contributed by atoms with Gasteiger partial charge >= 0.3 is 0 Å². The fourth-order valence-electron chi connectivity index (χ4n) is 0.932. The molecule has 1 aromatic rings. The largest absolute Gasteiger partial charge is 0.369 e. The van der Waals surface area contributed by atoms with E-state index in [1.165, 1.54) is 0 Å². The van der Waals surface area contributed by atoms with Crippen LogP contribution >= 0.6 is 15.9 Å². The van der Waals surface area contributed by atoms with Gasteiger partial charge in [0.05, 0.1) is 6.34 Å². The van der Waals surface area contributed by atoms with Crippen LogP contribution in [-0.4, -0.2) is 42.6 Å². The molecule has 1 heterocycles. The number of hydrogen-bond acceptors (Lipinski definition) is 3. The Hall–Kier alpha value is -1.23. The third-order valence-electron chi connectivity index (χ3n) is 1.55. The Kier molecular flexibility index (Phi) is 4.42. The van der Waals surface area contributed by atoms with Gasteiger partial charge in [-0.15, -0.1) is 0 Å². The number of aromatic nitrogens is 1. The molecule has 0 radical (unpaired) electrons. The summed E-state index contributed by atoms with van der Waals surface area (Å²) in [7, 11) is 3.71. The van der Waals surface area contributed by atoms with Gasteiger partial charge in [-0.05, 0) is 28.1 Å². The molecule has 1 rings (SSSR count). The molecule has 0 saturated carbocycles. The minimum absolute atomic E-state index is 0.0885. The second-order valence-electron chi connectivity index (χ2n) is 3.19. The molecule has 0 aliphatic rings. The Morgan fingerprint density at radius 1 is 1.60 bits per heavy atom. The summed E-state index contributed by atoms with van der Waals surface area (Å²) >= 11 is 3.21. The standard InChI is InChI=1S/C10H12BrN3O/c1-14(2)7-12-6-9(15)8-4-3-5-10(11)13-8/h3-5,7H,6H2,1-2H3. The maximum atomic E-state index is 11.6. The van der Waals surface area contributed by atoms with E-state index in [4.69, 9.17) is 0 Å². The highest BCUT2D eigenvalue weighted by molar-refractivity contribution is 9.10. The van der Waals surface area contributed by atoms with Crippen molar-refractivity contribution < 1.29 is 4.79 Å². The summed E-state index contributed by atoms with van der Waals surface area (Å²) in [6.45, 7) is 0.127. The average molecular weight is 270 g/mol. The molecular formula is C10H12BrN3O. The average Bonchev–Trinajstić information content (AvgIpc) is 2.17. The third kappa shape index (κ3) is 4.20. The van der Waals surface area contributed by atoms with Crippen LogP contribution in [0.15, 0.2) is 27.8 Å². The van der Waals surface area contributed by atoms with Crippen molar-refractivity contribution >= 4 is 28.1 Å². The van der Waals surface area contributed by atoms with Gasteiger partial charge in [0.1, 0.15) is 16.8 Å². The molecule has 0 N–H and O–H groups in total. The predicted octanol–water partition coefficient (Wildman–Crippen LogP) is 1.62. The zero-order chi connectivity index (χ0) is 11.3. The van der Waals surface area contributed by atoms with Crippen LogP contribution in [0, 0.1) is 0 Å². The van der Waals surface area contributed by atoms with Crippen molar-refractivity contribution in [3.05, 3.63) is 28.5 Å². The van der Waals surface area contributed by atoms with Gasteiger partial charge in [-0.25, -0.2) is 4.98 Å². The summed E-state index contributed by atoms with van der Waals surface area (Å²) in [5.41, 5.74) is 0.431. The molecule has 5 heteroatoms. The lowest BCUT2D eigenvalue weighted by molar-refractivity contribution is 0.0997. The smallest absolute Gasteiger partial charge is 0.202 e. The number of hydrogen-bond donors (Lipinski definition) is 0. The molecule has 0 aliphatic carbocycles. The van der Waals surface area contributed by atoms with Crippen molar-refractivity contribution in [2.75, 3.05) is 20.6 Å². The van der Waals surface area contributed by atoms with E-state index in [1.807, 2.05) is 14.1 Å². The van der Waals surface area contributed by atoms with Crippen LogP contribution in [-0.2, 0) is 0 Å². The minimum atomic E-state index is -0.0885. The van der Waals surface area contributed by atoms with Crippen LogP contribution in [0.25, 0.3) is 0 Å². The first-order valence-electron chi connectivity index (χ1n) is 4.41. The van der Waals surface area contributed by atoms with E-state index < -0.39 is 0 Å². The molecule has 0 saturated heterocycles. The van der Waals surface area contributed by atoms with Crippen molar-refractivity contribution in [3.63, 3.8) is 0 Å². The third-order valence-corrected chi connectivity index (χ3v) is 1.99. The van der Waals surface area contributed by atoms with E-state index in [0.717, 1.165) is 0 Å². The molecule has 0 spiro atoms. The fourth-order valence-corrected chi connectivity index (χ4v) is 1.28. The van der Waals surface area contributed by atoms with Crippen molar-refractivity contribution in [1.82, 2.24) is 9.88 Å². The number of Topliss-reactive ketones (excluding diaryl/α,β-unsaturated/α-hetero) is 1. The maximum absolute atomic E-state index is 11.6. The van der Waals surface area contributed by atoms with Crippen molar-refractivity contribution in [3.8, 4) is 0 Å². The number of carbonyl (C=O) groups is 1. The van der Waals surface area contributed by atoms with Gasteiger partial charge in [-0.2, -0.15) is 0 Å². The Labute approximate surface area is 97.2 Å². The lowest BCUT2D eigenvalue weighted by Gasteiger charge is -2.02. The summed E-state index contributed by atoms with van der Waals surface area (Å²) < 4.78 is 0.657. The van der Waals surface area contributed by atoms with Crippen LogP contribution in [0.1, 0.15) is 10.5 Å². The van der Waals surface area contributed by atoms with Crippen molar-refractivity contribution in [2.45, 2.75) is 0 Å². The number of nitrogens with zero attached hydrogens (tertiary/aromatic N) is 3. The maximum Gasteiger partial charge on any atom is 0.202 e. The molecule has 80 valence electrons. The molecule has 0 aromatic carbocycles. The molecule has 0 fully saturated rings. The summed E-state index contributed by atoms with van der Waals surface area (Å²) in [6.07, 6.45) is 1.61. The number of carbonyl (C=O) groups excluding carboxylic acids is 1. The van der Waals surface area contributed by atoms with Crippen molar-refractivity contribution in [1.29, 1.82) is 0 Å². The summed E-state index contributed by atoms with van der Waals surface area (Å²) in [4.78, 5) is 21.4. The predicted molar refractivity (Wildman–Crippen MR) is 63.3 cm³/mol. The minimum Gasteiger partial charge on any atom is -0.369 e. The molecular weight excluding hydrogens is 258 g/mol. The van der Waals surface area contributed by atoms with Crippen LogP contribution in [0.2, 0.25) is 0 Å². The van der Waals surface area contributed by atoms with Gasteiger partial charge < -0.3 is 4.90 Å². The number of aliphatic imine (C=N–C) groups is 1. The number of halogens is 1. The first-order chi connectivity index (χ1) is 7.09. The normalized spacial score (nSPS) is 10.6. The molecule has 0 atom stereocenters. The molecule has 0 amide bonds. The van der Waals surface area contributed by atoms with Crippen LogP contribution in [0.3, 0.4) is 0 Å². The van der Waals surface area contributed by atoms with Crippen molar-refractivity contribution in [2.24, 2.45) is 4.99 Å². The second-order valence-corrected chi connectivity index (χ2v) is 4.00. The van der Waals surface area contributed by atoms with Crippen LogP contribution in [0.5, 0.6) is 0 Å². The number of pyridine rings is 1. The molecule has 15 heavy (non-hydrogen) atoms. The fraction of sp³-hybridized carbons (Fsp3) is 0.300. The quantitative estimate of drug-likeness (QED) is 0.361. The Balaban J connectivity index is 2.62. The first-order valence-corrected chi connectivity index (χ1v) is 5.21. The summed E-state index contributed by atoms with van der Waals surface area (Å²) in [6, 6.07) is 5.23. The van der Waals surface area contributed by atoms with Gasteiger partial charge in [0.25, 0.3) is 0 Å². The SMILES string of the molecule is CN(C)C=NCC(=O)c1cccc(Br)n1. The zero-order valence-electron chi connectivity index (χ0n) is 8.64. The lowest BCUT2D eigenvalue weighted by Crippen LogP contribution is -2.11. The van der Waals surface area contributed by atoms with Gasteiger partial charge in [-0.1, -0.05) is 6.07 Å². The number of ketones is 1. The molecule has 1 aromatic heterocycles. The summed E-state index contributed by atoms with van der Waals surface area (Å²) in [5, 5.41) is 0. The molecule has 0 aliphatic heterocycles. The Morgan fingerprint density at radius 2 is 2.33 bits per heavy atom. The summed E-state index contributed by atoms with van der Waals surface area (Å²) in [5.74, 6) is -0.0885. The van der Waals surface area contributed by atoms with Crippen LogP contribution in [0.4, 0.5) is 0 Å². The zero-order valence-corrected chi connectivity index (χ0v) is 10.2. The highest BCUT2D eigenvalue weighted by Gasteiger charge is 2.05. The lowest BCUT2D eigenvalue weighted by atomic mass is 10.2. The van der Waals surface area contributed by atoms with E-state index in [0.29, 0.717) is 10.3 Å². The Bertz CT molecular complexity index is 377. The van der Waals surface area contributed by atoms with E-state index in [1.54, 1.807) is 29.4 Å².